The molecule has 34 heavy (non-hydrogen) atoms. The van der Waals surface area contributed by atoms with Crippen molar-refractivity contribution in [3.8, 4) is 11.8 Å². The van der Waals surface area contributed by atoms with E-state index in [4.69, 9.17) is 4.74 Å². The number of halogens is 1. The summed E-state index contributed by atoms with van der Waals surface area (Å²) in [5, 5.41) is 13.5. The SMILES string of the molecule is Cc1cc(/C=N\NC(=O)[C@H](C#N)c2ccccc2)c(C)n1-c1ccc(N2CCOCC2)c(Br)c1. The van der Waals surface area contributed by atoms with Crippen LogP contribution in [0, 0.1) is 25.2 Å². The maximum Gasteiger partial charge on any atom is 0.261 e. The zero-order chi connectivity index (χ0) is 24.1. The van der Waals surface area contributed by atoms with E-state index in [2.05, 4.69) is 54.1 Å². The average Bonchev–Trinajstić information content (AvgIpc) is 3.13. The van der Waals surface area contributed by atoms with E-state index in [1.165, 1.54) is 0 Å². The Morgan fingerprint density at radius 3 is 2.59 bits per heavy atom. The number of carbonyl (C=O) groups is 1. The van der Waals surface area contributed by atoms with Crippen molar-refractivity contribution in [2.45, 2.75) is 19.8 Å². The first-order chi connectivity index (χ1) is 16.5. The van der Waals surface area contributed by atoms with Gasteiger partial charge in [0, 0.05) is 40.2 Å². The number of ether oxygens (including phenoxy) is 1. The molecule has 1 aromatic heterocycles. The zero-order valence-corrected chi connectivity index (χ0v) is 20.7. The molecule has 2 heterocycles. The van der Waals surface area contributed by atoms with Gasteiger partial charge in [-0.3, -0.25) is 4.79 Å². The quantitative estimate of drug-likeness (QED) is 0.385. The minimum absolute atomic E-state index is 0.457. The third kappa shape index (κ3) is 5.06. The van der Waals surface area contributed by atoms with Gasteiger partial charge < -0.3 is 14.2 Å². The van der Waals surface area contributed by atoms with E-state index in [0.717, 1.165) is 59.1 Å². The maximum absolute atomic E-state index is 12.5. The lowest BCUT2D eigenvalue weighted by Gasteiger charge is -2.30. The number of anilines is 1. The van der Waals surface area contributed by atoms with Gasteiger partial charge in [-0.25, -0.2) is 5.43 Å². The van der Waals surface area contributed by atoms with Crippen LogP contribution >= 0.6 is 15.9 Å². The van der Waals surface area contributed by atoms with Gasteiger partial charge in [0.05, 0.1) is 31.2 Å². The smallest absolute Gasteiger partial charge is 0.261 e. The Bertz CT molecular complexity index is 1240. The second-order valence-electron chi connectivity index (χ2n) is 8.10. The molecule has 174 valence electrons. The van der Waals surface area contributed by atoms with Gasteiger partial charge in [-0.1, -0.05) is 30.3 Å². The predicted molar refractivity (Wildman–Crippen MR) is 137 cm³/mol. The number of benzene rings is 2. The summed E-state index contributed by atoms with van der Waals surface area (Å²) in [6, 6.07) is 19.4. The number of nitrogens with zero attached hydrogens (tertiary/aromatic N) is 4. The largest absolute Gasteiger partial charge is 0.378 e. The lowest BCUT2D eigenvalue weighted by Crippen LogP contribution is -2.36. The molecule has 2 aromatic carbocycles. The molecule has 1 aliphatic heterocycles. The van der Waals surface area contributed by atoms with Crippen LogP contribution in [0.1, 0.15) is 28.4 Å². The fourth-order valence-electron chi connectivity index (χ4n) is 4.17. The Balaban J connectivity index is 1.50. The van der Waals surface area contributed by atoms with Crippen molar-refractivity contribution in [2.75, 3.05) is 31.2 Å². The van der Waals surface area contributed by atoms with E-state index in [9.17, 15) is 10.1 Å². The number of rotatable bonds is 6. The van der Waals surface area contributed by atoms with Crippen LogP contribution in [0.4, 0.5) is 5.69 Å². The fraction of sp³-hybridized carbons (Fsp3) is 0.269. The fourth-order valence-corrected chi connectivity index (χ4v) is 4.79. The number of aromatic nitrogens is 1. The molecule has 8 heteroatoms. The predicted octanol–water partition coefficient (Wildman–Crippen LogP) is 4.45. The zero-order valence-electron chi connectivity index (χ0n) is 19.2. The summed E-state index contributed by atoms with van der Waals surface area (Å²) in [5.74, 6) is -1.37. The average molecular weight is 520 g/mol. The summed E-state index contributed by atoms with van der Waals surface area (Å²) in [6.45, 7) is 7.29. The number of hydrogen-bond donors (Lipinski definition) is 1. The molecule has 1 atom stereocenters. The summed E-state index contributed by atoms with van der Waals surface area (Å²) in [5.41, 5.74) is 8.28. The molecule has 1 aliphatic rings. The molecule has 0 bridgehead atoms. The second kappa shape index (κ2) is 10.7. The Kier molecular flexibility index (Phi) is 7.46. The van der Waals surface area contributed by atoms with Gasteiger partial charge >= 0.3 is 0 Å². The van der Waals surface area contributed by atoms with Crippen LogP contribution in [0.3, 0.4) is 0 Å². The van der Waals surface area contributed by atoms with Crippen molar-refractivity contribution < 1.29 is 9.53 Å². The van der Waals surface area contributed by atoms with Gasteiger partial charge in [0.25, 0.3) is 5.91 Å². The number of amides is 1. The molecule has 1 saturated heterocycles. The highest BCUT2D eigenvalue weighted by molar-refractivity contribution is 9.10. The van der Waals surface area contributed by atoms with E-state index >= 15 is 0 Å². The molecule has 0 spiro atoms. The lowest BCUT2D eigenvalue weighted by atomic mass is 10.0. The number of aryl methyl sites for hydroxylation is 1. The number of carbonyl (C=O) groups excluding carboxylic acids is 1. The Morgan fingerprint density at radius 1 is 1.18 bits per heavy atom. The van der Waals surface area contributed by atoms with Crippen molar-refractivity contribution in [3.63, 3.8) is 0 Å². The standard InChI is InChI=1S/C26H26BrN5O2/c1-18-14-21(17-29-30-26(33)23(16-28)20-6-4-3-5-7-20)19(2)32(18)22-8-9-25(24(27)15-22)31-10-12-34-13-11-31/h3-9,14-15,17,23H,10-13H2,1-2H3,(H,30,33)/b29-17-/t23-/m1/s1. The normalized spacial score (nSPS) is 14.7. The van der Waals surface area contributed by atoms with Crippen LogP contribution in [0.15, 0.2) is 64.2 Å². The maximum atomic E-state index is 12.5. The summed E-state index contributed by atoms with van der Waals surface area (Å²) in [7, 11) is 0. The molecule has 0 unspecified atom stereocenters. The number of nitriles is 1. The van der Waals surface area contributed by atoms with Crippen LogP contribution < -0.4 is 10.3 Å². The molecule has 1 amide bonds. The first-order valence-corrected chi connectivity index (χ1v) is 11.9. The lowest BCUT2D eigenvalue weighted by molar-refractivity contribution is -0.121. The van der Waals surface area contributed by atoms with Crippen molar-refractivity contribution in [3.05, 3.63) is 81.6 Å². The monoisotopic (exact) mass is 519 g/mol. The van der Waals surface area contributed by atoms with Gasteiger partial charge in [-0.2, -0.15) is 10.4 Å². The molecule has 0 radical (unpaired) electrons. The summed E-state index contributed by atoms with van der Waals surface area (Å²) >= 11 is 3.74. The van der Waals surface area contributed by atoms with Crippen molar-refractivity contribution in [2.24, 2.45) is 5.10 Å². The third-order valence-electron chi connectivity index (χ3n) is 5.91. The second-order valence-corrected chi connectivity index (χ2v) is 8.96. The highest BCUT2D eigenvalue weighted by atomic mass is 79.9. The summed E-state index contributed by atoms with van der Waals surface area (Å²) in [6.07, 6.45) is 1.62. The Morgan fingerprint density at radius 2 is 1.91 bits per heavy atom. The van der Waals surface area contributed by atoms with Crippen molar-refractivity contribution >= 4 is 33.7 Å². The molecule has 7 nitrogen and oxygen atoms in total. The highest BCUT2D eigenvalue weighted by Crippen LogP contribution is 2.31. The van der Waals surface area contributed by atoms with E-state index in [1.54, 1.807) is 30.5 Å². The van der Waals surface area contributed by atoms with Crippen LogP contribution in [0.25, 0.3) is 5.69 Å². The van der Waals surface area contributed by atoms with Crippen LogP contribution in [0.5, 0.6) is 0 Å². The molecule has 3 aromatic rings. The molecule has 0 saturated carbocycles. The van der Waals surface area contributed by atoms with Gasteiger partial charge in [0.1, 0.15) is 0 Å². The van der Waals surface area contributed by atoms with E-state index < -0.39 is 11.8 Å². The van der Waals surface area contributed by atoms with E-state index in [1.807, 2.05) is 32.0 Å². The topological polar surface area (TPSA) is 82.7 Å². The van der Waals surface area contributed by atoms with Gasteiger partial charge in [0.15, 0.2) is 5.92 Å². The minimum Gasteiger partial charge on any atom is -0.378 e. The van der Waals surface area contributed by atoms with E-state index in [-0.39, 0.29) is 0 Å². The molecular formula is C26H26BrN5O2. The van der Waals surface area contributed by atoms with Crippen molar-refractivity contribution in [1.82, 2.24) is 9.99 Å². The Hall–Kier alpha value is -3.41. The number of hydrazone groups is 1. The van der Waals surface area contributed by atoms with Gasteiger partial charge in [-0.05, 0) is 59.6 Å². The van der Waals surface area contributed by atoms with Crippen LogP contribution in [-0.2, 0) is 9.53 Å². The van der Waals surface area contributed by atoms with Crippen molar-refractivity contribution in [1.29, 1.82) is 5.26 Å². The molecular weight excluding hydrogens is 494 g/mol. The Labute approximate surface area is 207 Å². The number of nitrogens with one attached hydrogen (secondary N) is 1. The molecule has 1 fully saturated rings. The molecule has 1 N–H and O–H groups in total. The minimum atomic E-state index is -0.909. The molecule has 0 aliphatic carbocycles. The summed E-state index contributed by atoms with van der Waals surface area (Å²) in [4.78, 5) is 14.8. The number of morpholine rings is 1. The van der Waals surface area contributed by atoms with Crippen LogP contribution in [-0.4, -0.2) is 43.0 Å². The van der Waals surface area contributed by atoms with Gasteiger partial charge in [0.2, 0.25) is 0 Å². The first-order valence-electron chi connectivity index (χ1n) is 11.1. The number of hydrogen-bond acceptors (Lipinski definition) is 5. The van der Waals surface area contributed by atoms with E-state index in [0.29, 0.717) is 5.56 Å². The summed E-state index contributed by atoms with van der Waals surface area (Å²) < 4.78 is 8.65. The first kappa shape index (κ1) is 23.7. The highest BCUT2D eigenvalue weighted by Gasteiger charge is 2.20. The van der Waals surface area contributed by atoms with Crippen LogP contribution in [0.2, 0.25) is 0 Å². The third-order valence-corrected chi connectivity index (χ3v) is 6.55. The van der Waals surface area contributed by atoms with Gasteiger partial charge in [-0.15, -0.1) is 0 Å². The molecule has 4 rings (SSSR count).